The fraction of sp³-hybridized carbons (Fsp3) is 0.750. The highest BCUT2D eigenvalue weighted by Crippen LogP contribution is 2.35. The van der Waals surface area contributed by atoms with Gasteiger partial charge in [-0.15, -0.1) is 0 Å². The number of ether oxygens (including phenoxy) is 1. The Balaban J connectivity index is 1.44. The van der Waals surface area contributed by atoms with Crippen molar-refractivity contribution in [3.8, 4) is 0 Å². The third-order valence-electron chi connectivity index (χ3n) is 5.14. The maximum Gasteiger partial charge on any atom is 0.410 e. The number of hydrogen-bond donors (Lipinski definition) is 0. The molecule has 0 radical (unpaired) electrons. The Morgan fingerprint density at radius 3 is 2.75 bits per heavy atom. The summed E-state index contributed by atoms with van der Waals surface area (Å²) >= 11 is 8.10. The van der Waals surface area contributed by atoms with Crippen molar-refractivity contribution >= 4 is 34.2 Å². The summed E-state index contributed by atoms with van der Waals surface area (Å²) in [5, 5.41) is 1.67. The first-order chi connectivity index (χ1) is 11.5. The topological polar surface area (TPSA) is 48.9 Å². The molecule has 1 aromatic heterocycles. The number of aromatic nitrogens is 1. The van der Waals surface area contributed by atoms with Crippen molar-refractivity contribution in [3.63, 3.8) is 0 Å². The molecule has 1 spiro atoms. The summed E-state index contributed by atoms with van der Waals surface area (Å²) < 4.78 is 5.68. The van der Waals surface area contributed by atoms with Crippen molar-refractivity contribution in [2.75, 3.05) is 44.7 Å². The average molecular weight is 371 g/mol. The van der Waals surface area contributed by atoms with E-state index in [0.29, 0.717) is 11.7 Å². The predicted molar refractivity (Wildman–Crippen MR) is 94.9 cm³/mol. The van der Waals surface area contributed by atoms with Gasteiger partial charge in [-0.2, -0.15) is 0 Å². The Morgan fingerprint density at radius 2 is 2.04 bits per heavy atom. The van der Waals surface area contributed by atoms with Crippen LogP contribution in [0.1, 0.15) is 30.6 Å². The van der Waals surface area contributed by atoms with Gasteiger partial charge in [-0.3, -0.25) is 4.90 Å². The second kappa shape index (κ2) is 6.35. The summed E-state index contributed by atoms with van der Waals surface area (Å²) in [5.41, 5.74) is -0.348. The summed E-state index contributed by atoms with van der Waals surface area (Å²) in [6.07, 6.45) is 4.25. The molecule has 1 amide bonds. The number of likely N-dealkylation sites (tertiary alicyclic amines) is 1. The van der Waals surface area contributed by atoms with Crippen LogP contribution in [0.3, 0.4) is 0 Å². The Bertz CT molecular complexity index is 634. The highest BCUT2D eigenvalue weighted by Gasteiger charge is 2.46. The Hall–Kier alpha value is -1.05. The fourth-order valence-corrected chi connectivity index (χ4v) is 5.35. The van der Waals surface area contributed by atoms with Crippen LogP contribution in [-0.4, -0.2) is 66.2 Å². The van der Waals surface area contributed by atoms with Gasteiger partial charge >= 0.3 is 6.09 Å². The van der Waals surface area contributed by atoms with Gasteiger partial charge in [0, 0.05) is 33.2 Å². The zero-order chi connectivity index (χ0) is 16.7. The molecule has 132 valence electrons. The van der Waals surface area contributed by atoms with E-state index in [2.05, 4.69) is 14.8 Å². The van der Waals surface area contributed by atoms with E-state index in [9.17, 15) is 4.79 Å². The zero-order valence-electron chi connectivity index (χ0n) is 14.0. The summed E-state index contributed by atoms with van der Waals surface area (Å²) in [7, 11) is 1.80. The third kappa shape index (κ3) is 3.09. The van der Waals surface area contributed by atoms with Gasteiger partial charge in [0.1, 0.15) is 10.8 Å². The van der Waals surface area contributed by atoms with E-state index in [1.54, 1.807) is 23.3 Å². The summed E-state index contributed by atoms with van der Waals surface area (Å²) in [5.74, 6) is 0. The number of nitrogens with zero attached hydrogens (tertiary/aromatic N) is 4. The standard InChI is InChI=1S/C16H23ClN4O2S/c1-19-10-16(23-15(19)22)5-4-6-20(11-16)9-12-13(17)18-14(24-12)21-7-2-3-8-21/h2-11H2,1H3/t16-/m0/s1. The smallest absolute Gasteiger partial charge is 0.410 e. The van der Waals surface area contributed by atoms with Gasteiger partial charge in [-0.05, 0) is 32.2 Å². The number of thiazole rings is 1. The second-order valence-electron chi connectivity index (χ2n) is 7.13. The first-order valence-corrected chi connectivity index (χ1v) is 9.81. The minimum Gasteiger partial charge on any atom is -0.440 e. The van der Waals surface area contributed by atoms with Gasteiger partial charge in [-0.25, -0.2) is 9.78 Å². The number of rotatable bonds is 3. The summed E-state index contributed by atoms with van der Waals surface area (Å²) in [4.78, 5) is 23.8. The van der Waals surface area contributed by atoms with Crippen LogP contribution in [0.2, 0.25) is 5.15 Å². The molecule has 0 aromatic carbocycles. The van der Waals surface area contributed by atoms with E-state index in [1.807, 2.05) is 0 Å². The Labute approximate surface area is 151 Å². The molecule has 3 aliphatic rings. The number of carbonyl (C=O) groups excluding carboxylic acids is 1. The van der Waals surface area contributed by atoms with Crippen LogP contribution in [0, 0.1) is 0 Å². The van der Waals surface area contributed by atoms with Crippen molar-refractivity contribution in [1.82, 2.24) is 14.8 Å². The molecule has 0 saturated carbocycles. The van der Waals surface area contributed by atoms with Gasteiger partial charge in [-0.1, -0.05) is 22.9 Å². The highest BCUT2D eigenvalue weighted by molar-refractivity contribution is 7.16. The second-order valence-corrected chi connectivity index (χ2v) is 8.55. The molecule has 4 heterocycles. The number of halogens is 1. The van der Waals surface area contributed by atoms with Crippen LogP contribution in [-0.2, 0) is 11.3 Å². The van der Waals surface area contributed by atoms with E-state index in [4.69, 9.17) is 16.3 Å². The lowest BCUT2D eigenvalue weighted by atomic mass is 9.93. The lowest BCUT2D eigenvalue weighted by Gasteiger charge is -2.38. The number of amides is 1. The molecule has 0 unspecified atom stereocenters. The molecular weight excluding hydrogens is 348 g/mol. The van der Waals surface area contributed by atoms with Gasteiger partial charge in [0.25, 0.3) is 0 Å². The van der Waals surface area contributed by atoms with E-state index in [-0.39, 0.29) is 11.7 Å². The normalized spacial score (nSPS) is 28.2. The molecule has 1 atom stereocenters. The quantitative estimate of drug-likeness (QED) is 0.818. The number of anilines is 1. The third-order valence-corrected chi connectivity index (χ3v) is 6.67. The number of carbonyl (C=O) groups is 1. The summed E-state index contributed by atoms with van der Waals surface area (Å²) in [6, 6.07) is 0. The molecule has 6 nitrogen and oxygen atoms in total. The molecule has 3 aliphatic heterocycles. The predicted octanol–water partition coefficient (Wildman–Crippen LogP) is 2.81. The van der Waals surface area contributed by atoms with Gasteiger partial charge in [0.15, 0.2) is 5.13 Å². The molecule has 24 heavy (non-hydrogen) atoms. The first kappa shape index (κ1) is 16.4. The minimum absolute atomic E-state index is 0.205. The molecule has 0 bridgehead atoms. The lowest BCUT2D eigenvalue weighted by Crippen LogP contribution is -2.50. The zero-order valence-corrected chi connectivity index (χ0v) is 15.5. The maximum absolute atomic E-state index is 11.8. The van der Waals surface area contributed by atoms with Crippen molar-refractivity contribution < 1.29 is 9.53 Å². The van der Waals surface area contributed by atoms with E-state index < -0.39 is 0 Å². The Kier molecular flexibility index (Phi) is 4.34. The molecule has 3 fully saturated rings. The van der Waals surface area contributed by atoms with Crippen LogP contribution in [0.4, 0.5) is 9.93 Å². The van der Waals surface area contributed by atoms with Crippen LogP contribution >= 0.6 is 22.9 Å². The molecule has 1 aromatic rings. The number of likely N-dealkylation sites (N-methyl/N-ethyl adjacent to an activating group) is 1. The monoisotopic (exact) mass is 370 g/mol. The molecule has 3 saturated heterocycles. The fourth-order valence-electron chi connectivity index (χ4n) is 4.00. The SMILES string of the molecule is CN1C[C@]2(CCCN(Cc3sc(N4CCCC4)nc3Cl)C2)OC1=O. The number of piperidine rings is 1. The Morgan fingerprint density at radius 1 is 1.25 bits per heavy atom. The average Bonchev–Trinajstić information content (AvgIpc) is 3.22. The van der Waals surface area contributed by atoms with Crippen molar-refractivity contribution in [2.45, 2.75) is 37.8 Å². The van der Waals surface area contributed by atoms with Gasteiger partial charge < -0.3 is 14.5 Å². The van der Waals surface area contributed by atoms with Crippen LogP contribution in [0.25, 0.3) is 0 Å². The highest BCUT2D eigenvalue weighted by atomic mass is 35.5. The van der Waals surface area contributed by atoms with Crippen molar-refractivity contribution in [1.29, 1.82) is 0 Å². The maximum atomic E-state index is 11.8. The molecular formula is C16H23ClN4O2S. The van der Waals surface area contributed by atoms with Crippen molar-refractivity contribution in [3.05, 3.63) is 10.0 Å². The minimum atomic E-state index is -0.348. The first-order valence-electron chi connectivity index (χ1n) is 8.61. The number of hydrogen-bond acceptors (Lipinski definition) is 6. The largest absolute Gasteiger partial charge is 0.440 e. The lowest BCUT2D eigenvalue weighted by molar-refractivity contribution is -0.0110. The van der Waals surface area contributed by atoms with E-state index >= 15 is 0 Å². The van der Waals surface area contributed by atoms with E-state index in [1.165, 1.54) is 12.8 Å². The van der Waals surface area contributed by atoms with Crippen LogP contribution < -0.4 is 4.90 Å². The molecule has 0 aliphatic carbocycles. The van der Waals surface area contributed by atoms with Crippen LogP contribution in [0.15, 0.2) is 0 Å². The molecule has 0 N–H and O–H groups in total. The van der Waals surface area contributed by atoms with Gasteiger partial charge in [0.05, 0.1) is 11.4 Å². The van der Waals surface area contributed by atoms with Crippen molar-refractivity contribution in [2.24, 2.45) is 0 Å². The molecule has 8 heteroatoms. The molecule has 4 rings (SSSR count). The van der Waals surface area contributed by atoms with Gasteiger partial charge in [0.2, 0.25) is 0 Å². The van der Waals surface area contributed by atoms with E-state index in [0.717, 1.165) is 55.6 Å². The van der Waals surface area contributed by atoms with Crippen LogP contribution in [0.5, 0.6) is 0 Å². The summed E-state index contributed by atoms with van der Waals surface area (Å²) in [6.45, 7) is 5.41.